The average molecular weight is 507 g/mol. The van der Waals surface area contributed by atoms with Crippen LogP contribution in [0.4, 0.5) is 10.5 Å². The van der Waals surface area contributed by atoms with Crippen LogP contribution in [0, 0.1) is 0 Å². The van der Waals surface area contributed by atoms with Crippen molar-refractivity contribution in [3.63, 3.8) is 0 Å². The van der Waals surface area contributed by atoms with Gasteiger partial charge in [0.05, 0.1) is 20.9 Å². The van der Waals surface area contributed by atoms with Gasteiger partial charge in [-0.05, 0) is 60.9 Å². The summed E-state index contributed by atoms with van der Waals surface area (Å²) in [5, 5.41) is 2.94. The Morgan fingerprint density at radius 1 is 1.12 bits per heavy atom. The Morgan fingerprint density at radius 3 is 2.53 bits per heavy atom. The smallest absolute Gasteiger partial charge is 0.307 e. The van der Waals surface area contributed by atoms with Gasteiger partial charge in [0, 0.05) is 10.6 Å². The molecule has 164 valence electrons. The number of amides is 2. The third-order valence-electron chi connectivity index (χ3n) is 4.41. The van der Waals surface area contributed by atoms with Gasteiger partial charge in [0.15, 0.2) is 0 Å². The number of thiophene rings is 1. The van der Waals surface area contributed by atoms with Crippen LogP contribution in [0.5, 0.6) is 0 Å². The van der Waals surface area contributed by atoms with Crippen LogP contribution < -0.4 is 15.6 Å². The lowest BCUT2D eigenvalue weighted by Gasteiger charge is -2.10. The molecule has 0 atom stereocenters. The van der Waals surface area contributed by atoms with E-state index in [4.69, 9.17) is 11.6 Å². The van der Waals surface area contributed by atoms with E-state index in [0.717, 1.165) is 16.2 Å². The van der Waals surface area contributed by atoms with Crippen molar-refractivity contribution in [2.75, 3.05) is 11.6 Å². The molecule has 4 aromatic rings. The van der Waals surface area contributed by atoms with E-state index in [9.17, 15) is 18.0 Å². The van der Waals surface area contributed by atoms with E-state index in [1.54, 1.807) is 42.1 Å². The number of hydrogen-bond donors (Lipinski definition) is 2. The topological polar surface area (TPSA) is 110 Å². The lowest BCUT2D eigenvalue weighted by Crippen LogP contribution is -2.33. The van der Waals surface area contributed by atoms with Crippen LogP contribution in [0.1, 0.15) is 0 Å². The van der Waals surface area contributed by atoms with Gasteiger partial charge < -0.3 is 5.32 Å². The van der Waals surface area contributed by atoms with E-state index in [0.29, 0.717) is 26.6 Å². The molecule has 2 aromatic heterocycles. The maximum Gasteiger partial charge on any atom is 0.333 e. The maximum absolute atomic E-state index is 12.8. The molecule has 2 heterocycles. The van der Waals surface area contributed by atoms with E-state index in [1.807, 2.05) is 23.1 Å². The molecule has 0 saturated heterocycles. The molecular weight excluding hydrogens is 492 g/mol. The first-order valence-electron chi connectivity index (χ1n) is 9.02. The van der Waals surface area contributed by atoms with Gasteiger partial charge in [-0.1, -0.05) is 11.6 Å². The quantitative estimate of drug-likeness (QED) is 0.390. The number of carbonyl (C=O) groups excluding carboxylic acids is 1. The Morgan fingerprint density at radius 2 is 1.88 bits per heavy atom. The van der Waals surface area contributed by atoms with Crippen molar-refractivity contribution >= 4 is 67.3 Å². The maximum atomic E-state index is 12.8. The van der Waals surface area contributed by atoms with E-state index < -0.39 is 16.1 Å². The van der Waals surface area contributed by atoms with Gasteiger partial charge in [-0.25, -0.2) is 22.9 Å². The fourth-order valence-electron chi connectivity index (χ4n) is 2.89. The lowest BCUT2D eigenvalue weighted by atomic mass is 10.2. The number of anilines is 1. The number of rotatable bonds is 5. The molecule has 0 bridgehead atoms. The molecule has 0 spiro atoms. The zero-order valence-electron chi connectivity index (χ0n) is 16.4. The molecule has 0 aliphatic heterocycles. The summed E-state index contributed by atoms with van der Waals surface area (Å²) in [6, 6.07) is 13.6. The molecule has 0 saturated carbocycles. The summed E-state index contributed by atoms with van der Waals surface area (Å²) in [5.41, 5.74) is 1.28. The molecule has 0 aliphatic rings. The molecule has 0 radical (unpaired) electrons. The Hall–Kier alpha value is -2.86. The fourth-order valence-corrected chi connectivity index (χ4v) is 5.71. The number of halogens is 1. The van der Waals surface area contributed by atoms with Crippen molar-refractivity contribution in [1.29, 1.82) is 0 Å². The third-order valence-corrected chi connectivity index (χ3v) is 8.19. The highest BCUT2D eigenvalue weighted by atomic mass is 35.5. The number of carbonyl (C=O) groups is 1. The second-order valence-electron chi connectivity index (χ2n) is 6.47. The number of hydrogen-bond acceptors (Lipinski definition) is 7. The highest BCUT2D eigenvalue weighted by Crippen LogP contribution is 2.25. The van der Waals surface area contributed by atoms with Gasteiger partial charge in [0.2, 0.25) is 0 Å². The Balaban J connectivity index is 1.51. The molecule has 2 aromatic carbocycles. The standard InChI is InChI=1S/C20H15ClN4O4S3/c1-30-14-6-7-15-16(10-14)22-11-25(19(15)26)13-4-2-12(3-5-13)23-20(27)24-32(28,29)18-9-8-17(21)31-18/h2-11H,1H3,(H2,23,24,27). The van der Waals surface area contributed by atoms with Crippen LogP contribution in [-0.2, 0) is 10.0 Å². The van der Waals surface area contributed by atoms with Gasteiger partial charge in [-0.2, -0.15) is 0 Å². The Bertz CT molecular complexity index is 1480. The van der Waals surface area contributed by atoms with Gasteiger partial charge in [-0.3, -0.25) is 9.36 Å². The lowest BCUT2D eigenvalue weighted by molar-refractivity contribution is 0.256. The van der Waals surface area contributed by atoms with Crippen molar-refractivity contribution in [1.82, 2.24) is 14.3 Å². The number of nitrogens with zero attached hydrogens (tertiary/aromatic N) is 2. The monoisotopic (exact) mass is 506 g/mol. The first-order valence-corrected chi connectivity index (χ1v) is 12.9. The first kappa shape index (κ1) is 22.3. The average Bonchev–Trinajstić information content (AvgIpc) is 3.21. The summed E-state index contributed by atoms with van der Waals surface area (Å²) in [4.78, 5) is 30.3. The third kappa shape index (κ3) is 4.65. The molecule has 0 fully saturated rings. The minimum atomic E-state index is -4.02. The number of sulfonamides is 1. The second-order valence-corrected chi connectivity index (χ2v) is 11.0. The van der Waals surface area contributed by atoms with Crippen molar-refractivity contribution < 1.29 is 13.2 Å². The van der Waals surface area contributed by atoms with E-state index in [-0.39, 0.29) is 9.77 Å². The predicted octanol–water partition coefficient (Wildman–Crippen LogP) is 4.33. The molecule has 12 heteroatoms. The zero-order valence-corrected chi connectivity index (χ0v) is 19.6. The van der Waals surface area contributed by atoms with E-state index in [1.165, 1.54) is 23.0 Å². The number of aromatic nitrogens is 2. The minimum Gasteiger partial charge on any atom is -0.307 e. The fraction of sp³-hybridized carbons (Fsp3) is 0.0500. The largest absolute Gasteiger partial charge is 0.333 e. The summed E-state index contributed by atoms with van der Waals surface area (Å²) in [7, 11) is -4.02. The van der Waals surface area contributed by atoms with Gasteiger partial charge in [0.1, 0.15) is 10.5 Å². The molecule has 0 aliphatic carbocycles. The summed E-state index contributed by atoms with van der Waals surface area (Å²) in [5.74, 6) is 0. The van der Waals surface area contributed by atoms with Gasteiger partial charge in [-0.15, -0.1) is 23.1 Å². The van der Waals surface area contributed by atoms with E-state index >= 15 is 0 Å². The number of benzene rings is 2. The normalized spacial score (nSPS) is 11.4. The number of thioether (sulfide) groups is 1. The number of fused-ring (bicyclic) bond motifs is 1. The number of urea groups is 1. The van der Waals surface area contributed by atoms with Crippen molar-refractivity contribution in [2.45, 2.75) is 9.10 Å². The summed E-state index contributed by atoms with van der Waals surface area (Å²) in [6.07, 6.45) is 3.40. The van der Waals surface area contributed by atoms with Crippen LogP contribution in [0.2, 0.25) is 4.34 Å². The minimum absolute atomic E-state index is 0.0687. The second kappa shape index (κ2) is 8.94. The molecule has 4 rings (SSSR count). The SMILES string of the molecule is CSc1ccc2c(=O)n(-c3ccc(NC(=O)NS(=O)(=O)c4ccc(Cl)s4)cc3)cnc2c1. The Labute approximate surface area is 196 Å². The summed E-state index contributed by atoms with van der Waals surface area (Å²) in [6.45, 7) is 0. The van der Waals surface area contributed by atoms with Crippen molar-refractivity contribution in [2.24, 2.45) is 0 Å². The van der Waals surface area contributed by atoms with Crippen LogP contribution >= 0.6 is 34.7 Å². The molecule has 2 N–H and O–H groups in total. The summed E-state index contributed by atoms with van der Waals surface area (Å²) >= 11 is 8.16. The van der Waals surface area contributed by atoms with Crippen LogP contribution in [-0.4, -0.2) is 30.3 Å². The van der Waals surface area contributed by atoms with Crippen molar-refractivity contribution in [3.05, 3.63) is 75.6 Å². The molecule has 32 heavy (non-hydrogen) atoms. The molecule has 8 nitrogen and oxygen atoms in total. The van der Waals surface area contributed by atoms with Crippen LogP contribution in [0.3, 0.4) is 0 Å². The highest BCUT2D eigenvalue weighted by molar-refractivity contribution is 7.98. The zero-order chi connectivity index (χ0) is 22.9. The predicted molar refractivity (Wildman–Crippen MR) is 128 cm³/mol. The highest BCUT2D eigenvalue weighted by Gasteiger charge is 2.19. The van der Waals surface area contributed by atoms with E-state index in [2.05, 4.69) is 10.3 Å². The van der Waals surface area contributed by atoms with Crippen LogP contribution in [0.15, 0.2) is 74.8 Å². The van der Waals surface area contributed by atoms with Crippen LogP contribution in [0.25, 0.3) is 16.6 Å². The van der Waals surface area contributed by atoms with Gasteiger partial charge >= 0.3 is 6.03 Å². The van der Waals surface area contributed by atoms with Crippen molar-refractivity contribution in [3.8, 4) is 5.69 Å². The summed E-state index contributed by atoms with van der Waals surface area (Å²) < 4.78 is 28.0. The number of nitrogens with one attached hydrogen (secondary N) is 2. The van der Waals surface area contributed by atoms with Gasteiger partial charge in [0.25, 0.3) is 15.6 Å². The first-order chi connectivity index (χ1) is 15.3. The molecular formula is C20H15ClN4O4S3. The molecule has 0 unspecified atom stereocenters. The molecule has 2 amide bonds. The Kier molecular flexibility index (Phi) is 6.24.